The number of hydrogen-bond donors (Lipinski definition) is 8. The van der Waals surface area contributed by atoms with Gasteiger partial charge in [-0.3, -0.25) is 19.4 Å². The molecule has 1 aromatic carbocycles. The van der Waals surface area contributed by atoms with Gasteiger partial charge in [-0.25, -0.2) is 4.79 Å². The zero-order chi connectivity index (χ0) is 24.1. The number of benzene rings is 1. The zero-order valence-corrected chi connectivity index (χ0v) is 18.5. The Morgan fingerprint density at radius 2 is 1.94 bits per heavy atom. The molecule has 0 radical (unpaired) electrons. The molecule has 1 aromatic heterocycles. The molecule has 0 fully saturated rings. The average Bonchev–Trinajstić information content (AvgIpc) is 2.75. The summed E-state index contributed by atoms with van der Waals surface area (Å²) in [6, 6.07) is 5.03. The minimum absolute atomic E-state index is 0. The van der Waals surface area contributed by atoms with E-state index in [1.54, 1.807) is 19.2 Å². The molecule has 1 amide bonds. The summed E-state index contributed by atoms with van der Waals surface area (Å²) >= 11 is 0. The highest BCUT2D eigenvalue weighted by atomic mass is 16.4. The second-order valence-corrected chi connectivity index (χ2v) is 7.55. The van der Waals surface area contributed by atoms with E-state index in [2.05, 4.69) is 25.9 Å². The first-order chi connectivity index (χ1) is 15.7. The summed E-state index contributed by atoms with van der Waals surface area (Å²) in [6.45, 7) is 1.01. The van der Waals surface area contributed by atoms with Gasteiger partial charge in [0.2, 0.25) is 5.95 Å². The lowest BCUT2D eigenvalue weighted by atomic mass is 10.1. The van der Waals surface area contributed by atoms with Crippen molar-refractivity contribution in [2.24, 2.45) is 0 Å². The maximum atomic E-state index is 12.3. The number of aromatic amines is 1. The lowest BCUT2D eigenvalue weighted by molar-refractivity contribution is -0.140. The zero-order valence-electron chi connectivity index (χ0n) is 18.5. The molecule has 1 aliphatic heterocycles. The summed E-state index contributed by atoms with van der Waals surface area (Å²) in [5.74, 6) is -2.59. The molecule has 11 N–H and O–H groups in total. The Morgan fingerprint density at radius 3 is 2.56 bits per heavy atom. The van der Waals surface area contributed by atoms with E-state index in [1.807, 2.05) is 4.90 Å². The Kier molecular flexibility index (Phi) is 8.39. The second-order valence-electron chi connectivity index (χ2n) is 7.55. The number of fused-ring (bicyclic) bond motifs is 1. The fourth-order valence-electron chi connectivity index (χ4n) is 3.42. The van der Waals surface area contributed by atoms with E-state index in [9.17, 15) is 24.3 Å². The van der Waals surface area contributed by atoms with Crippen molar-refractivity contribution in [2.45, 2.75) is 24.9 Å². The Balaban J connectivity index is 0.00000408. The van der Waals surface area contributed by atoms with Gasteiger partial charge in [-0.05, 0) is 30.7 Å². The maximum absolute atomic E-state index is 12.3. The Hall–Kier alpha value is -4.33. The molecule has 1 aliphatic rings. The van der Waals surface area contributed by atoms with Crippen molar-refractivity contribution in [3.8, 4) is 0 Å². The molecule has 0 spiro atoms. The van der Waals surface area contributed by atoms with Crippen molar-refractivity contribution in [2.75, 3.05) is 41.4 Å². The van der Waals surface area contributed by atoms with Crippen LogP contribution in [0.4, 0.5) is 23.1 Å². The minimum atomic E-state index is -1.30. The van der Waals surface area contributed by atoms with Gasteiger partial charge in [0, 0.05) is 37.8 Å². The number of hydrogen-bond acceptors (Lipinski definition) is 10. The van der Waals surface area contributed by atoms with Crippen molar-refractivity contribution >= 4 is 41.0 Å². The number of nitrogen functional groups attached to an aromatic ring is 1. The van der Waals surface area contributed by atoms with Crippen LogP contribution in [-0.4, -0.2) is 70.2 Å². The third-order valence-electron chi connectivity index (χ3n) is 5.26. The van der Waals surface area contributed by atoms with Gasteiger partial charge in [0.15, 0.2) is 5.82 Å². The highest BCUT2D eigenvalue weighted by Crippen LogP contribution is 2.25. The van der Waals surface area contributed by atoms with Crippen molar-refractivity contribution in [1.29, 1.82) is 0 Å². The van der Waals surface area contributed by atoms with Gasteiger partial charge in [0.1, 0.15) is 11.7 Å². The van der Waals surface area contributed by atoms with Crippen molar-refractivity contribution in [1.82, 2.24) is 21.4 Å². The summed E-state index contributed by atoms with van der Waals surface area (Å²) in [5.41, 5.74) is 6.59. The third kappa shape index (κ3) is 6.13. The first-order valence-corrected chi connectivity index (χ1v) is 10.1. The molecule has 184 valence electrons. The molecule has 14 heteroatoms. The van der Waals surface area contributed by atoms with Crippen LogP contribution in [0.2, 0.25) is 0 Å². The van der Waals surface area contributed by atoms with E-state index >= 15 is 0 Å². The SMILES string of the molecule is CN1c2c(nc(N)[nH]c2=O)NCC1CNc1ccc(C(=O)N[C@@H](CCC(=O)O)C(=O)O)cc1.N. The molecule has 2 heterocycles. The molecule has 2 aromatic rings. The highest BCUT2D eigenvalue weighted by molar-refractivity contribution is 5.96. The second kappa shape index (κ2) is 11.0. The number of likely N-dealkylation sites (N-methyl/N-ethyl adjacent to an activating group) is 1. The van der Waals surface area contributed by atoms with Gasteiger partial charge in [0.25, 0.3) is 11.5 Å². The molecule has 34 heavy (non-hydrogen) atoms. The number of rotatable bonds is 9. The van der Waals surface area contributed by atoms with Gasteiger partial charge in [-0.1, -0.05) is 0 Å². The van der Waals surface area contributed by atoms with Gasteiger partial charge in [-0.15, -0.1) is 0 Å². The quantitative estimate of drug-likeness (QED) is 0.237. The van der Waals surface area contributed by atoms with Crippen LogP contribution >= 0.6 is 0 Å². The normalized spacial score (nSPS) is 15.2. The van der Waals surface area contributed by atoms with Gasteiger partial charge in [-0.2, -0.15) is 4.98 Å². The van der Waals surface area contributed by atoms with Crippen LogP contribution < -0.4 is 38.3 Å². The van der Waals surface area contributed by atoms with E-state index < -0.39 is 23.9 Å². The van der Waals surface area contributed by atoms with E-state index in [4.69, 9.17) is 10.8 Å². The molecule has 1 unspecified atom stereocenters. The van der Waals surface area contributed by atoms with E-state index in [1.165, 1.54) is 12.1 Å². The van der Waals surface area contributed by atoms with Crippen molar-refractivity contribution < 1.29 is 24.6 Å². The van der Waals surface area contributed by atoms with Crippen molar-refractivity contribution in [3.63, 3.8) is 0 Å². The number of nitrogens with one attached hydrogen (secondary N) is 4. The molecular weight excluding hydrogens is 448 g/mol. The number of carbonyl (C=O) groups excluding carboxylic acids is 1. The number of carboxylic acid groups (broad SMARTS) is 2. The van der Waals surface area contributed by atoms with Gasteiger partial charge < -0.3 is 42.9 Å². The van der Waals surface area contributed by atoms with Crippen LogP contribution in [0, 0.1) is 0 Å². The predicted octanol–water partition coefficient (Wildman–Crippen LogP) is -0.0957. The maximum Gasteiger partial charge on any atom is 0.326 e. The molecule has 3 rings (SSSR count). The summed E-state index contributed by atoms with van der Waals surface area (Å²) in [4.78, 5) is 54.9. The first-order valence-electron chi connectivity index (χ1n) is 10.1. The Labute approximate surface area is 194 Å². The van der Waals surface area contributed by atoms with Crippen LogP contribution in [0.1, 0.15) is 23.2 Å². The molecule has 0 bridgehead atoms. The number of amides is 1. The number of anilines is 4. The number of nitrogens with two attached hydrogens (primary N) is 1. The third-order valence-corrected chi connectivity index (χ3v) is 5.26. The van der Waals surface area contributed by atoms with E-state index in [0.717, 1.165) is 5.69 Å². The Bertz CT molecular complexity index is 1100. The van der Waals surface area contributed by atoms with Gasteiger partial charge >= 0.3 is 11.9 Å². The fraction of sp³-hybridized carbons (Fsp3) is 0.350. The Morgan fingerprint density at radius 1 is 1.26 bits per heavy atom. The van der Waals surface area contributed by atoms with E-state index in [0.29, 0.717) is 24.6 Å². The van der Waals surface area contributed by atoms with Crippen LogP contribution in [0.5, 0.6) is 0 Å². The fourth-order valence-corrected chi connectivity index (χ4v) is 3.42. The molecule has 2 atom stereocenters. The van der Waals surface area contributed by atoms with Crippen LogP contribution in [0.25, 0.3) is 0 Å². The van der Waals surface area contributed by atoms with Crippen molar-refractivity contribution in [3.05, 3.63) is 40.2 Å². The summed E-state index contributed by atoms with van der Waals surface area (Å²) in [5, 5.41) is 26.6. The largest absolute Gasteiger partial charge is 0.481 e. The highest BCUT2D eigenvalue weighted by Gasteiger charge is 2.27. The molecule has 14 nitrogen and oxygen atoms in total. The number of carbonyl (C=O) groups is 3. The summed E-state index contributed by atoms with van der Waals surface area (Å²) in [7, 11) is 1.79. The lowest BCUT2D eigenvalue weighted by Crippen LogP contribution is -2.48. The van der Waals surface area contributed by atoms with Gasteiger partial charge in [0.05, 0.1) is 6.04 Å². The number of aliphatic carboxylic acids is 2. The molecule has 0 saturated heterocycles. The predicted molar refractivity (Wildman–Crippen MR) is 126 cm³/mol. The number of nitrogens with zero attached hydrogens (tertiary/aromatic N) is 2. The van der Waals surface area contributed by atoms with Crippen LogP contribution in [0.15, 0.2) is 29.1 Å². The van der Waals surface area contributed by atoms with E-state index in [-0.39, 0.29) is 42.1 Å². The summed E-state index contributed by atoms with van der Waals surface area (Å²) < 4.78 is 0. The lowest BCUT2D eigenvalue weighted by Gasteiger charge is -2.35. The number of H-pyrrole nitrogens is 1. The topological polar surface area (TPSA) is 238 Å². The molecule has 0 saturated carbocycles. The van der Waals surface area contributed by atoms with Crippen LogP contribution in [0.3, 0.4) is 0 Å². The minimum Gasteiger partial charge on any atom is -0.481 e. The summed E-state index contributed by atoms with van der Waals surface area (Å²) in [6.07, 6.45) is -0.586. The molecule has 0 aliphatic carbocycles. The standard InChI is InChI=1S/C20H25N7O6.H3N/c1-27-12(9-23-16-15(27)18(31)26-20(21)25-16)8-22-11-4-2-10(3-5-11)17(30)24-13(19(32)33)6-7-14(28)29;/h2-5,12-13,22H,6-9H2,1H3,(H,24,30)(H,28,29)(H,32,33)(H4,21,23,25,26,31);1H3/t12?,13-;/m0./s1. The number of aromatic nitrogens is 2. The molecular formula is C20H28N8O6. The van der Waals surface area contributed by atoms with Crippen LogP contribution in [-0.2, 0) is 9.59 Å². The smallest absolute Gasteiger partial charge is 0.326 e. The first kappa shape index (κ1) is 25.9. The monoisotopic (exact) mass is 476 g/mol. The number of carboxylic acids is 2. The average molecular weight is 476 g/mol.